The summed E-state index contributed by atoms with van der Waals surface area (Å²) in [6, 6.07) is 14.8. The Balaban J connectivity index is 1.74. The van der Waals surface area contributed by atoms with E-state index >= 15 is 0 Å². The highest BCUT2D eigenvalue weighted by Crippen LogP contribution is 2.37. The third-order valence-corrected chi connectivity index (χ3v) is 7.44. The minimum atomic E-state index is 1.01. The maximum atomic E-state index is 5.31. The molecule has 0 atom stereocenters. The molecule has 1 aromatic carbocycles. The second kappa shape index (κ2) is 9.35. The molecule has 3 heterocycles. The van der Waals surface area contributed by atoms with E-state index in [1.165, 1.54) is 78.5 Å². The van der Waals surface area contributed by atoms with Gasteiger partial charge in [0.05, 0.1) is 22.0 Å². The zero-order chi connectivity index (χ0) is 21.0. The van der Waals surface area contributed by atoms with Gasteiger partial charge in [0, 0.05) is 5.39 Å². The molecule has 0 unspecified atom stereocenters. The molecule has 31 heavy (non-hydrogen) atoms. The van der Waals surface area contributed by atoms with Crippen molar-refractivity contribution in [2.45, 2.75) is 71.1 Å². The smallest absolute Gasteiger partial charge is 0.164 e. The third kappa shape index (κ3) is 4.18. The van der Waals surface area contributed by atoms with Crippen molar-refractivity contribution in [3.8, 4) is 16.3 Å². The van der Waals surface area contributed by atoms with E-state index in [4.69, 9.17) is 10.1 Å². The first kappa shape index (κ1) is 20.4. The summed E-state index contributed by atoms with van der Waals surface area (Å²) < 4.78 is 2.05. The van der Waals surface area contributed by atoms with Gasteiger partial charge >= 0.3 is 0 Å². The van der Waals surface area contributed by atoms with E-state index in [0.717, 1.165) is 29.9 Å². The maximum absolute atomic E-state index is 5.31. The van der Waals surface area contributed by atoms with E-state index in [9.17, 15) is 0 Å². The van der Waals surface area contributed by atoms with Crippen LogP contribution in [0.2, 0.25) is 0 Å². The van der Waals surface area contributed by atoms with E-state index in [1.807, 2.05) is 0 Å². The van der Waals surface area contributed by atoms with E-state index in [-0.39, 0.29) is 0 Å². The lowest BCUT2D eigenvalue weighted by Crippen LogP contribution is -2.05. The number of para-hydroxylation sites is 1. The summed E-state index contributed by atoms with van der Waals surface area (Å²) in [6.07, 6.45) is 12.9. The molecule has 3 nitrogen and oxygen atoms in total. The summed E-state index contributed by atoms with van der Waals surface area (Å²) >= 11 is 1.80. The van der Waals surface area contributed by atoms with Gasteiger partial charge in [-0.05, 0) is 67.3 Å². The number of pyridine rings is 1. The molecule has 0 N–H and O–H groups in total. The Morgan fingerprint density at radius 3 is 2.13 bits per heavy atom. The molecule has 1 aliphatic rings. The first-order chi connectivity index (χ1) is 15.3. The molecule has 160 valence electrons. The Kier molecular flexibility index (Phi) is 6.17. The van der Waals surface area contributed by atoms with Crippen LogP contribution >= 0.6 is 11.3 Å². The molecular formula is C27H31N3S. The molecule has 0 spiro atoms. The summed E-state index contributed by atoms with van der Waals surface area (Å²) in [7, 11) is 0. The minimum Gasteiger partial charge on any atom is -0.227 e. The van der Waals surface area contributed by atoms with E-state index < -0.39 is 0 Å². The minimum absolute atomic E-state index is 1.01. The number of aromatic nitrogens is 3. The zero-order valence-electron chi connectivity index (χ0n) is 18.4. The molecule has 0 radical (unpaired) electrons. The van der Waals surface area contributed by atoms with Crippen LogP contribution in [0.25, 0.3) is 27.3 Å². The predicted octanol–water partition coefficient (Wildman–Crippen LogP) is 7.68. The molecule has 5 rings (SSSR count). The van der Waals surface area contributed by atoms with Crippen molar-refractivity contribution < 1.29 is 0 Å². The Morgan fingerprint density at radius 1 is 0.774 bits per heavy atom. The van der Waals surface area contributed by atoms with Gasteiger partial charge in [-0.15, -0.1) is 11.3 Å². The van der Waals surface area contributed by atoms with Crippen LogP contribution in [0.15, 0.2) is 47.8 Å². The van der Waals surface area contributed by atoms with E-state index in [1.54, 1.807) is 11.3 Å². The lowest BCUT2D eigenvalue weighted by atomic mass is 9.91. The monoisotopic (exact) mass is 429 g/mol. The summed E-state index contributed by atoms with van der Waals surface area (Å²) in [4.78, 5) is 6.59. The molecule has 4 heteroatoms. The van der Waals surface area contributed by atoms with Crippen LogP contribution in [0.3, 0.4) is 0 Å². The fraction of sp³-hybridized carbons (Fsp3) is 0.407. The van der Waals surface area contributed by atoms with Crippen molar-refractivity contribution in [3.05, 3.63) is 64.7 Å². The lowest BCUT2D eigenvalue weighted by molar-refractivity contribution is 0.560. The zero-order valence-corrected chi connectivity index (χ0v) is 19.3. The van der Waals surface area contributed by atoms with Gasteiger partial charge in [-0.2, -0.15) is 5.10 Å². The van der Waals surface area contributed by atoms with Gasteiger partial charge in [-0.1, -0.05) is 62.8 Å². The van der Waals surface area contributed by atoms with Crippen molar-refractivity contribution in [1.29, 1.82) is 0 Å². The number of benzene rings is 1. The van der Waals surface area contributed by atoms with Crippen molar-refractivity contribution in [1.82, 2.24) is 14.8 Å². The van der Waals surface area contributed by atoms with Crippen molar-refractivity contribution in [2.75, 3.05) is 0 Å². The largest absolute Gasteiger partial charge is 0.227 e. The average molecular weight is 430 g/mol. The molecule has 0 saturated carbocycles. The number of nitrogens with zero attached hydrogens (tertiary/aromatic N) is 3. The summed E-state index contributed by atoms with van der Waals surface area (Å²) in [5.74, 6) is 0. The van der Waals surface area contributed by atoms with Crippen LogP contribution in [-0.2, 0) is 12.8 Å². The summed E-state index contributed by atoms with van der Waals surface area (Å²) in [5, 5.41) is 8.44. The third-order valence-electron chi connectivity index (χ3n) is 6.56. The van der Waals surface area contributed by atoms with E-state index in [2.05, 4.69) is 59.5 Å². The van der Waals surface area contributed by atoms with Crippen LogP contribution in [0.4, 0.5) is 0 Å². The van der Waals surface area contributed by atoms with Gasteiger partial charge in [0.2, 0.25) is 0 Å². The number of thiophene rings is 1. The number of rotatable bonds is 2. The first-order valence-corrected chi connectivity index (χ1v) is 12.7. The maximum Gasteiger partial charge on any atom is 0.164 e. The Hall–Kier alpha value is -2.46. The summed E-state index contributed by atoms with van der Waals surface area (Å²) in [6.45, 7) is 2.16. The second-order valence-electron chi connectivity index (χ2n) is 8.75. The highest BCUT2D eigenvalue weighted by atomic mass is 32.1. The number of aryl methyl sites for hydroxylation is 2. The molecule has 0 amide bonds. The van der Waals surface area contributed by atoms with Crippen LogP contribution in [-0.4, -0.2) is 14.8 Å². The lowest BCUT2D eigenvalue weighted by Gasteiger charge is -2.17. The number of fused-ring (bicyclic) bond motifs is 3. The summed E-state index contributed by atoms with van der Waals surface area (Å²) in [5.41, 5.74) is 7.37. The molecule has 1 aliphatic carbocycles. The molecule has 3 aromatic heterocycles. The highest BCUT2D eigenvalue weighted by molar-refractivity contribution is 7.13. The van der Waals surface area contributed by atoms with Crippen LogP contribution in [0.1, 0.15) is 68.2 Å². The van der Waals surface area contributed by atoms with E-state index in [0.29, 0.717) is 0 Å². The molecule has 0 fully saturated rings. The fourth-order valence-corrected chi connectivity index (χ4v) is 5.76. The van der Waals surface area contributed by atoms with Crippen molar-refractivity contribution in [2.24, 2.45) is 0 Å². The Bertz CT molecular complexity index is 1140. The average Bonchev–Trinajstić information content (AvgIpc) is 3.43. The van der Waals surface area contributed by atoms with Gasteiger partial charge in [-0.3, -0.25) is 0 Å². The van der Waals surface area contributed by atoms with Gasteiger partial charge < -0.3 is 0 Å². The van der Waals surface area contributed by atoms with Gasteiger partial charge in [-0.25, -0.2) is 9.67 Å². The van der Waals surface area contributed by atoms with Gasteiger partial charge in [0.1, 0.15) is 0 Å². The number of hydrogen-bond donors (Lipinski definition) is 0. The predicted molar refractivity (Wildman–Crippen MR) is 131 cm³/mol. The van der Waals surface area contributed by atoms with Crippen molar-refractivity contribution in [3.63, 3.8) is 0 Å². The first-order valence-electron chi connectivity index (χ1n) is 11.8. The van der Waals surface area contributed by atoms with Gasteiger partial charge in [0.15, 0.2) is 5.65 Å². The van der Waals surface area contributed by atoms with Crippen molar-refractivity contribution >= 4 is 22.4 Å². The Morgan fingerprint density at radius 2 is 1.45 bits per heavy atom. The molecule has 0 aliphatic heterocycles. The highest BCUT2D eigenvalue weighted by Gasteiger charge is 2.22. The topological polar surface area (TPSA) is 30.7 Å². The van der Waals surface area contributed by atoms with Gasteiger partial charge in [0.25, 0.3) is 0 Å². The molecule has 0 bridgehead atoms. The SMILES string of the molecule is Cc1nn(-c2ccccc2)c2nc(-c3cccs3)c3c(c12)CCCCCCCCCC3. The van der Waals surface area contributed by atoms with Crippen LogP contribution in [0, 0.1) is 6.92 Å². The molecule has 4 aromatic rings. The number of hydrogen-bond acceptors (Lipinski definition) is 3. The second-order valence-corrected chi connectivity index (χ2v) is 9.70. The molecular weight excluding hydrogens is 398 g/mol. The standard InChI is InChI=1S/C27H31N3S/c1-20-25-22-16-11-6-4-2-3-5-7-12-17-23(22)26(24-18-13-19-31-24)28-27(25)30(29-20)21-14-9-8-10-15-21/h8-10,13-15,18-19H,2-7,11-12,16-17H2,1H3. The fourth-order valence-electron chi connectivity index (χ4n) is 5.01. The quantitative estimate of drug-likeness (QED) is 0.327. The van der Waals surface area contributed by atoms with Crippen LogP contribution in [0.5, 0.6) is 0 Å². The normalized spacial score (nSPS) is 15.9. The van der Waals surface area contributed by atoms with Crippen LogP contribution < -0.4 is 0 Å². The molecule has 0 saturated heterocycles. The Labute approximate surface area is 189 Å².